The highest BCUT2D eigenvalue weighted by atomic mass is 79.9. The summed E-state index contributed by atoms with van der Waals surface area (Å²) in [7, 11) is 1.27. The summed E-state index contributed by atoms with van der Waals surface area (Å²) in [4.78, 5) is 11.1. The van der Waals surface area contributed by atoms with Crippen molar-refractivity contribution in [3.05, 3.63) is 22.1 Å². The molecule has 0 fully saturated rings. The summed E-state index contributed by atoms with van der Waals surface area (Å²) in [5, 5.41) is 8.53. The summed E-state index contributed by atoms with van der Waals surface area (Å²) in [5.74, 6) is 5.26. The molecule has 0 aliphatic rings. The predicted molar refractivity (Wildman–Crippen MR) is 56.3 cm³/mol. The maximum atomic E-state index is 11.1. The predicted octanol–water partition coefficient (Wildman–Crippen LogP) is 1.56. The van der Waals surface area contributed by atoms with E-state index >= 15 is 0 Å². The van der Waals surface area contributed by atoms with Crippen LogP contribution in [0.1, 0.15) is 22.7 Å². The first-order valence-electron chi connectivity index (χ1n) is 4.16. The maximum Gasteiger partial charge on any atom is 0.374 e. The number of rotatable bonds is 2. The summed E-state index contributed by atoms with van der Waals surface area (Å²) < 4.78 is 10.2. The van der Waals surface area contributed by atoms with Gasteiger partial charge in [0, 0.05) is 12.5 Å². The highest BCUT2D eigenvalue weighted by Crippen LogP contribution is 2.21. The van der Waals surface area contributed by atoms with E-state index in [0.717, 1.165) is 0 Å². The molecule has 0 atom stereocenters. The average molecular weight is 273 g/mol. The molecule has 1 aromatic rings. The third kappa shape index (κ3) is 3.11. The molecule has 0 bridgehead atoms. The van der Waals surface area contributed by atoms with Crippen molar-refractivity contribution in [3.8, 4) is 11.8 Å². The smallest absolute Gasteiger partial charge is 0.374 e. The Morgan fingerprint density at radius 3 is 3.07 bits per heavy atom. The third-order valence-electron chi connectivity index (χ3n) is 1.51. The van der Waals surface area contributed by atoms with Crippen LogP contribution < -0.4 is 0 Å². The van der Waals surface area contributed by atoms with Gasteiger partial charge < -0.3 is 14.3 Å². The Morgan fingerprint density at radius 1 is 1.73 bits per heavy atom. The van der Waals surface area contributed by atoms with Crippen molar-refractivity contribution in [3.63, 3.8) is 0 Å². The number of halogens is 1. The molecule has 0 aliphatic heterocycles. The van der Waals surface area contributed by atoms with Crippen LogP contribution in [0.5, 0.6) is 0 Å². The second kappa shape index (κ2) is 5.59. The number of carbonyl (C=O) groups excluding carboxylic acids is 1. The molecule has 15 heavy (non-hydrogen) atoms. The summed E-state index contributed by atoms with van der Waals surface area (Å²) in [6.07, 6.45) is 0.362. The molecular formula is C10H9BrO4. The number of hydrogen-bond donors (Lipinski definition) is 1. The van der Waals surface area contributed by atoms with Crippen molar-refractivity contribution in [2.75, 3.05) is 13.7 Å². The molecule has 0 aliphatic carbocycles. The molecule has 4 nitrogen and oxygen atoms in total. The van der Waals surface area contributed by atoms with Gasteiger partial charge in [-0.3, -0.25) is 0 Å². The zero-order chi connectivity index (χ0) is 11.3. The molecule has 0 amide bonds. The first-order valence-corrected chi connectivity index (χ1v) is 4.95. The second-order valence-corrected chi connectivity index (χ2v) is 3.41. The van der Waals surface area contributed by atoms with Crippen molar-refractivity contribution in [2.45, 2.75) is 6.42 Å². The third-order valence-corrected chi connectivity index (χ3v) is 2.10. The number of aliphatic hydroxyl groups excluding tert-OH is 1. The number of esters is 1. The number of aliphatic hydroxyl groups is 1. The Balaban J connectivity index is 2.88. The largest absolute Gasteiger partial charge is 0.463 e. The van der Waals surface area contributed by atoms with Crippen LogP contribution >= 0.6 is 15.9 Å². The Kier molecular flexibility index (Phi) is 4.40. The van der Waals surface area contributed by atoms with Gasteiger partial charge in [0.2, 0.25) is 5.76 Å². The SMILES string of the molecule is COC(=O)c1cc(Br)c(C#CCCO)o1. The van der Waals surface area contributed by atoms with Gasteiger partial charge >= 0.3 is 5.97 Å². The number of methoxy groups -OCH3 is 1. The topological polar surface area (TPSA) is 59.7 Å². The zero-order valence-corrected chi connectivity index (χ0v) is 9.63. The molecule has 0 saturated heterocycles. The van der Waals surface area contributed by atoms with Crippen LogP contribution in [0.2, 0.25) is 0 Å². The standard InChI is InChI=1S/C10H9BrO4/c1-14-10(13)9-6-7(11)8(15-9)4-2-3-5-12/h6,12H,3,5H2,1H3. The number of hydrogen-bond acceptors (Lipinski definition) is 4. The highest BCUT2D eigenvalue weighted by molar-refractivity contribution is 9.10. The minimum atomic E-state index is -0.550. The monoisotopic (exact) mass is 272 g/mol. The van der Waals surface area contributed by atoms with Crippen LogP contribution in [-0.4, -0.2) is 24.8 Å². The van der Waals surface area contributed by atoms with Crippen LogP contribution in [0.15, 0.2) is 15.0 Å². The second-order valence-electron chi connectivity index (χ2n) is 2.55. The molecular weight excluding hydrogens is 264 g/mol. The minimum absolute atomic E-state index is 0.00478. The Bertz CT molecular complexity index is 411. The van der Waals surface area contributed by atoms with Gasteiger partial charge in [0.25, 0.3) is 0 Å². The fourth-order valence-corrected chi connectivity index (χ4v) is 1.24. The first kappa shape index (κ1) is 11.8. The lowest BCUT2D eigenvalue weighted by Crippen LogP contribution is -1.98. The summed E-state index contributed by atoms with van der Waals surface area (Å²) in [6, 6.07) is 1.49. The van der Waals surface area contributed by atoms with Gasteiger partial charge in [-0.15, -0.1) is 0 Å². The number of carbonyl (C=O) groups is 1. The normalized spacial score (nSPS) is 9.27. The molecule has 1 aromatic heterocycles. The van der Waals surface area contributed by atoms with Gasteiger partial charge in [-0.25, -0.2) is 4.79 Å². The maximum absolute atomic E-state index is 11.1. The molecule has 0 spiro atoms. The fraction of sp³-hybridized carbons (Fsp3) is 0.300. The van der Waals surface area contributed by atoms with Crippen molar-refractivity contribution >= 4 is 21.9 Å². The summed E-state index contributed by atoms with van der Waals surface area (Å²) in [6.45, 7) is -0.00478. The summed E-state index contributed by atoms with van der Waals surface area (Å²) >= 11 is 3.20. The van der Waals surface area contributed by atoms with Crippen LogP contribution in [0, 0.1) is 11.8 Å². The molecule has 0 aromatic carbocycles. The van der Waals surface area contributed by atoms with E-state index in [0.29, 0.717) is 16.7 Å². The lowest BCUT2D eigenvalue weighted by Gasteiger charge is -1.90. The van der Waals surface area contributed by atoms with Gasteiger partial charge in [0.15, 0.2) is 5.76 Å². The Morgan fingerprint density at radius 2 is 2.47 bits per heavy atom. The molecule has 5 heteroatoms. The van der Waals surface area contributed by atoms with Gasteiger partial charge in [0.05, 0.1) is 18.2 Å². The van der Waals surface area contributed by atoms with Gasteiger partial charge in [0.1, 0.15) is 0 Å². The van der Waals surface area contributed by atoms with Gasteiger partial charge in [-0.05, 0) is 21.9 Å². The van der Waals surface area contributed by atoms with Crippen LogP contribution in [0.25, 0.3) is 0 Å². The zero-order valence-electron chi connectivity index (χ0n) is 8.04. The van der Waals surface area contributed by atoms with E-state index in [9.17, 15) is 4.79 Å². The van der Waals surface area contributed by atoms with Crippen molar-refractivity contribution in [1.82, 2.24) is 0 Å². The van der Waals surface area contributed by atoms with E-state index in [2.05, 4.69) is 32.5 Å². The van der Waals surface area contributed by atoms with E-state index in [4.69, 9.17) is 9.52 Å². The van der Waals surface area contributed by atoms with Gasteiger partial charge in [-0.1, -0.05) is 5.92 Å². The van der Waals surface area contributed by atoms with E-state index < -0.39 is 5.97 Å². The summed E-state index contributed by atoms with van der Waals surface area (Å²) in [5.41, 5.74) is 0. The molecule has 0 saturated carbocycles. The van der Waals surface area contributed by atoms with Crippen molar-refractivity contribution in [2.24, 2.45) is 0 Å². The van der Waals surface area contributed by atoms with Gasteiger partial charge in [-0.2, -0.15) is 0 Å². The lowest BCUT2D eigenvalue weighted by atomic mass is 10.4. The highest BCUT2D eigenvalue weighted by Gasteiger charge is 2.14. The lowest BCUT2D eigenvalue weighted by molar-refractivity contribution is 0.0564. The van der Waals surface area contributed by atoms with E-state index in [1.165, 1.54) is 13.2 Å². The molecule has 1 N–H and O–H groups in total. The molecule has 1 rings (SSSR count). The molecule has 0 unspecified atom stereocenters. The molecule has 80 valence electrons. The van der Waals surface area contributed by atoms with E-state index in [1.807, 2.05) is 0 Å². The Labute approximate surface area is 95.4 Å². The first-order chi connectivity index (χ1) is 7.19. The number of ether oxygens (including phenoxy) is 1. The molecule has 0 radical (unpaired) electrons. The fourth-order valence-electron chi connectivity index (χ4n) is 0.854. The quantitative estimate of drug-likeness (QED) is 0.656. The Hall–Kier alpha value is -1.25. The molecule has 1 heterocycles. The van der Waals surface area contributed by atoms with Crippen LogP contribution in [-0.2, 0) is 4.74 Å². The van der Waals surface area contributed by atoms with Crippen LogP contribution in [0.3, 0.4) is 0 Å². The van der Waals surface area contributed by atoms with Crippen molar-refractivity contribution in [1.29, 1.82) is 0 Å². The van der Waals surface area contributed by atoms with E-state index in [-0.39, 0.29) is 12.4 Å². The van der Waals surface area contributed by atoms with E-state index in [1.54, 1.807) is 0 Å². The van der Waals surface area contributed by atoms with Crippen molar-refractivity contribution < 1.29 is 19.1 Å². The van der Waals surface area contributed by atoms with Crippen LogP contribution in [0.4, 0.5) is 0 Å². The minimum Gasteiger partial charge on any atom is -0.463 e. The number of furan rings is 1. The average Bonchev–Trinajstić information content (AvgIpc) is 2.60.